The fourth-order valence-electron chi connectivity index (χ4n) is 1.02. The van der Waals surface area contributed by atoms with Crippen molar-refractivity contribution in [2.45, 2.75) is 108 Å². The molecule has 0 heteroatoms. The van der Waals surface area contributed by atoms with Crippen LogP contribution in [0.5, 0.6) is 0 Å². The number of hydrogen-bond acceptors (Lipinski definition) is 0. The summed E-state index contributed by atoms with van der Waals surface area (Å²) < 4.78 is 0. The lowest BCUT2D eigenvalue weighted by Crippen LogP contribution is -1.74. The summed E-state index contributed by atoms with van der Waals surface area (Å²) >= 11 is 0. The van der Waals surface area contributed by atoms with E-state index >= 15 is 0 Å². The minimum Gasteiger partial charge on any atom is -0.100 e. The van der Waals surface area contributed by atoms with E-state index in [0.717, 1.165) is 6.42 Å². The van der Waals surface area contributed by atoms with Gasteiger partial charge in [-0.1, -0.05) is 110 Å². The Morgan fingerprint density at radius 3 is 1.12 bits per heavy atom. The van der Waals surface area contributed by atoms with Crippen LogP contribution in [-0.2, 0) is 0 Å². The Morgan fingerprint density at radius 1 is 0.750 bits per heavy atom. The van der Waals surface area contributed by atoms with Crippen LogP contribution in [0, 0.1) is 13.8 Å². The number of benzene rings is 1. The third-order valence-corrected chi connectivity index (χ3v) is 3.24. The molecular weight excluding hydrogens is 288 g/mol. The van der Waals surface area contributed by atoms with Gasteiger partial charge in [0.05, 0.1) is 0 Å². The zero-order valence-electron chi connectivity index (χ0n) is 18.8. The van der Waals surface area contributed by atoms with Crippen molar-refractivity contribution in [3.8, 4) is 0 Å². The molecule has 0 aliphatic carbocycles. The monoisotopic (exact) mass is 336 g/mol. The van der Waals surface area contributed by atoms with Gasteiger partial charge >= 0.3 is 0 Å². The van der Waals surface area contributed by atoms with Gasteiger partial charge in [-0.15, -0.1) is 6.58 Å². The Labute approximate surface area is 155 Å². The average Bonchev–Trinajstić information content (AvgIpc) is 2.61. The van der Waals surface area contributed by atoms with E-state index in [1.54, 1.807) is 0 Å². The van der Waals surface area contributed by atoms with Crippen LogP contribution < -0.4 is 0 Å². The molecule has 24 heavy (non-hydrogen) atoms. The van der Waals surface area contributed by atoms with Crippen molar-refractivity contribution in [2.24, 2.45) is 0 Å². The van der Waals surface area contributed by atoms with Crippen LogP contribution in [-0.4, -0.2) is 0 Å². The normalized spacial score (nSPS) is 7.92. The summed E-state index contributed by atoms with van der Waals surface area (Å²) in [6.07, 6.45) is 7.83. The first-order valence-electron chi connectivity index (χ1n) is 10.1. The summed E-state index contributed by atoms with van der Waals surface area (Å²) in [7, 11) is 0. The van der Waals surface area contributed by atoms with Gasteiger partial charge in [-0.05, 0) is 38.3 Å². The number of aryl methyl sites for hydroxylation is 2. The molecule has 0 saturated heterocycles. The largest absolute Gasteiger partial charge is 0.100 e. The van der Waals surface area contributed by atoms with Crippen molar-refractivity contribution in [3.05, 3.63) is 47.5 Å². The second-order valence-electron chi connectivity index (χ2n) is 5.75. The van der Waals surface area contributed by atoms with Crippen LogP contribution in [0.3, 0.4) is 0 Å². The molecule has 1 rings (SSSR count). The molecule has 0 atom stereocenters. The molecule has 0 radical (unpaired) electrons. The highest BCUT2D eigenvalue weighted by Crippen LogP contribution is 2.02. The summed E-state index contributed by atoms with van der Waals surface area (Å²) in [6.45, 7) is 24.8. The first-order chi connectivity index (χ1) is 11.4. The maximum Gasteiger partial charge on any atom is -0.0354 e. The molecule has 0 nitrogen and oxygen atoms in total. The van der Waals surface area contributed by atoms with Gasteiger partial charge in [0.2, 0.25) is 0 Å². The molecule has 0 spiro atoms. The maximum absolute atomic E-state index is 3.67. The number of allylic oxidation sites excluding steroid dienone is 1. The standard InChI is InChI=1S/C8H10.C5H10.C5H12.C4H10.C2H6/c1-7-5-3-4-6-8(7)2;1-4-5(2)3;1-3-5-4-2;1-3-4-2;1-2/h3-6H,1-2H3;2,4H2,1,3H3;3-5H2,1-2H3;3-4H2,1-2H3;1-2H3. The van der Waals surface area contributed by atoms with Gasteiger partial charge in [0.1, 0.15) is 0 Å². The van der Waals surface area contributed by atoms with Gasteiger partial charge in [-0.3, -0.25) is 0 Å². The Bertz CT molecular complexity index is 298. The molecule has 0 N–H and O–H groups in total. The van der Waals surface area contributed by atoms with Crippen LogP contribution in [0.1, 0.15) is 105 Å². The molecule has 1 aromatic rings. The number of unbranched alkanes of at least 4 members (excludes halogenated alkanes) is 3. The molecule has 0 saturated carbocycles. The molecule has 0 fully saturated rings. The Hall–Kier alpha value is -1.04. The van der Waals surface area contributed by atoms with Crippen molar-refractivity contribution >= 4 is 0 Å². The quantitative estimate of drug-likeness (QED) is 0.480. The maximum atomic E-state index is 3.67. The van der Waals surface area contributed by atoms with Crippen LogP contribution in [0.4, 0.5) is 0 Å². The van der Waals surface area contributed by atoms with Gasteiger partial charge in [-0.2, -0.15) is 0 Å². The van der Waals surface area contributed by atoms with Crippen LogP contribution in [0.15, 0.2) is 36.4 Å². The fraction of sp³-hybridized carbons (Fsp3) is 0.667. The summed E-state index contributed by atoms with van der Waals surface area (Å²) in [5.41, 5.74) is 3.99. The topological polar surface area (TPSA) is 0 Å². The Morgan fingerprint density at radius 2 is 1.04 bits per heavy atom. The SMILES string of the molecule is C=C(C)CC.CC.CCCC.CCCCC.Cc1ccccc1C. The Balaban J connectivity index is -0.000000112. The van der Waals surface area contributed by atoms with Crippen molar-refractivity contribution in [3.63, 3.8) is 0 Å². The summed E-state index contributed by atoms with van der Waals surface area (Å²) in [5.74, 6) is 0. The molecular formula is C24H48. The zero-order valence-corrected chi connectivity index (χ0v) is 18.8. The van der Waals surface area contributed by atoms with Gasteiger partial charge in [0.15, 0.2) is 0 Å². The number of rotatable bonds is 4. The van der Waals surface area contributed by atoms with Gasteiger partial charge in [0, 0.05) is 0 Å². The van der Waals surface area contributed by atoms with Crippen molar-refractivity contribution < 1.29 is 0 Å². The third kappa shape index (κ3) is 37.3. The third-order valence-electron chi connectivity index (χ3n) is 3.24. The first kappa shape index (κ1) is 30.8. The van der Waals surface area contributed by atoms with E-state index in [-0.39, 0.29) is 0 Å². The number of hydrogen-bond donors (Lipinski definition) is 0. The van der Waals surface area contributed by atoms with Crippen molar-refractivity contribution in [2.75, 3.05) is 0 Å². The molecule has 0 aliphatic rings. The van der Waals surface area contributed by atoms with Crippen LogP contribution in [0.2, 0.25) is 0 Å². The molecule has 144 valence electrons. The highest BCUT2D eigenvalue weighted by Gasteiger charge is 1.83. The molecule has 1 aromatic carbocycles. The van der Waals surface area contributed by atoms with Gasteiger partial charge in [-0.25, -0.2) is 0 Å². The van der Waals surface area contributed by atoms with Gasteiger partial charge < -0.3 is 0 Å². The van der Waals surface area contributed by atoms with Gasteiger partial charge in [0.25, 0.3) is 0 Å². The summed E-state index contributed by atoms with van der Waals surface area (Å²) in [4.78, 5) is 0. The fourth-order valence-corrected chi connectivity index (χ4v) is 1.02. The minimum absolute atomic E-state index is 1.11. The van der Waals surface area contributed by atoms with E-state index in [0.29, 0.717) is 0 Å². The summed E-state index contributed by atoms with van der Waals surface area (Å²) in [5, 5.41) is 0. The molecule has 0 aromatic heterocycles. The highest BCUT2D eigenvalue weighted by atomic mass is 13.9. The van der Waals surface area contributed by atoms with Crippen molar-refractivity contribution in [1.29, 1.82) is 0 Å². The lowest BCUT2D eigenvalue weighted by molar-refractivity contribution is 0.772. The minimum atomic E-state index is 1.11. The molecule has 0 heterocycles. The van der Waals surface area contributed by atoms with E-state index in [9.17, 15) is 0 Å². The summed E-state index contributed by atoms with van der Waals surface area (Å²) in [6, 6.07) is 8.36. The smallest absolute Gasteiger partial charge is 0.0354 e. The Kier molecular flexibility index (Phi) is 38.4. The molecule has 0 bridgehead atoms. The first-order valence-corrected chi connectivity index (χ1v) is 10.1. The highest BCUT2D eigenvalue weighted by molar-refractivity contribution is 5.23. The van der Waals surface area contributed by atoms with E-state index < -0.39 is 0 Å². The molecule has 0 aliphatic heterocycles. The zero-order chi connectivity index (χ0) is 19.8. The lowest BCUT2D eigenvalue weighted by atomic mass is 10.1. The van der Waals surface area contributed by atoms with E-state index in [4.69, 9.17) is 0 Å². The predicted molar refractivity (Wildman–Crippen MR) is 118 cm³/mol. The molecule has 0 unspecified atom stereocenters. The predicted octanol–water partition coefficient (Wildman–Crippen LogP) is 9.31. The van der Waals surface area contributed by atoms with Crippen LogP contribution >= 0.6 is 0 Å². The molecule has 0 amide bonds. The van der Waals surface area contributed by atoms with Crippen LogP contribution in [0.25, 0.3) is 0 Å². The van der Waals surface area contributed by atoms with E-state index in [1.807, 2.05) is 20.8 Å². The second kappa shape index (κ2) is 29.9. The van der Waals surface area contributed by atoms with Crippen molar-refractivity contribution in [1.82, 2.24) is 0 Å². The van der Waals surface area contributed by atoms with E-state index in [2.05, 4.69) is 79.3 Å². The van der Waals surface area contributed by atoms with E-state index in [1.165, 1.54) is 48.8 Å². The second-order valence-corrected chi connectivity index (χ2v) is 5.75. The average molecular weight is 337 g/mol. The lowest BCUT2D eigenvalue weighted by Gasteiger charge is -1.93.